The van der Waals surface area contributed by atoms with E-state index in [1.54, 1.807) is 42.5 Å². The number of carbonyl (C=O) groups is 2. The van der Waals surface area contributed by atoms with Crippen LogP contribution in [0.25, 0.3) is 0 Å². The van der Waals surface area contributed by atoms with E-state index in [2.05, 4.69) is 41.7 Å². The van der Waals surface area contributed by atoms with E-state index in [9.17, 15) is 9.59 Å². The van der Waals surface area contributed by atoms with Crippen LogP contribution in [0.5, 0.6) is 0 Å². The van der Waals surface area contributed by atoms with E-state index in [0.29, 0.717) is 33.8 Å². The third kappa shape index (κ3) is 8.16. The number of rotatable bonds is 6. The topological polar surface area (TPSA) is 136 Å². The van der Waals surface area contributed by atoms with Crippen molar-refractivity contribution in [2.24, 2.45) is 27.4 Å². The monoisotopic (exact) mass is 545 g/mol. The first-order valence-electron chi connectivity index (χ1n) is 12.1. The van der Waals surface area contributed by atoms with Crippen LogP contribution in [0.1, 0.15) is 62.4 Å². The number of hydrogen-bond donors (Lipinski definition) is 4. The van der Waals surface area contributed by atoms with Crippen molar-refractivity contribution in [3.63, 3.8) is 0 Å². The highest BCUT2D eigenvalue weighted by Gasteiger charge is 2.33. The summed E-state index contributed by atoms with van der Waals surface area (Å²) < 4.78 is 0. The lowest BCUT2D eigenvalue weighted by atomic mass is 9.71. The molecular formula is C26H33Cl2N7O2. The van der Waals surface area contributed by atoms with Gasteiger partial charge in [-0.05, 0) is 78.1 Å². The van der Waals surface area contributed by atoms with Gasteiger partial charge in [0, 0.05) is 33.9 Å². The Labute approximate surface area is 227 Å². The predicted molar refractivity (Wildman–Crippen MR) is 147 cm³/mol. The zero-order valence-corrected chi connectivity index (χ0v) is 22.7. The number of nitrogens with two attached hydrogens (primary N) is 1. The van der Waals surface area contributed by atoms with Gasteiger partial charge in [-0.3, -0.25) is 10.1 Å². The van der Waals surface area contributed by atoms with Crippen LogP contribution in [0.15, 0.2) is 52.8 Å². The maximum absolute atomic E-state index is 13.5. The van der Waals surface area contributed by atoms with Gasteiger partial charge in [0.25, 0.3) is 5.91 Å². The van der Waals surface area contributed by atoms with E-state index in [-0.39, 0.29) is 23.4 Å². The average Bonchev–Trinajstić information content (AvgIpc) is 2.82. The highest BCUT2D eigenvalue weighted by molar-refractivity contribution is 6.35. The number of benzene rings is 2. The average molecular weight is 547 g/mol. The SMILES string of the molecule is CC(C)(C)C1CCC(N(Cc2ccc(C(=O)N/C(N)=N/N=N)cc2)C(=O)Nc2cc(Cl)cc(Cl)c2)CC1. The number of hydrogen-bond acceptors (Lipinski definition) is 4. The zero-order chi connectivity index (χ0) is 27.2. The second kappa shape index (κ2) is 12.4. The molecule has 1 fully saturated rings. The first-order valence-corrected chi connectivity index (χ1v) is 12.9. The minimum Gasteiger partial charge on any atom is -0.368 e. The van der Waals surface area contributed by atoms with Crippen LogP contribution in [0, 0.1) is 16.9 Å². The Morgan fingerprint density at radius 1 is 1.05 bits per heavy atom. The van der Waals surface area contributed by atoms with Gasteiger partial charge in [0.15, 0.2) is 0 Å². The van der Waals surface area contributed by atoms with Gasteiger partial charge in [-0.15, -0.1) is 0 Å². The first kappa shape index (κ1) is 28.4. The van der Waals surface area contributed by atoms with Gasteiger partial charge >= 0.3 is 6.03 Å². The fourth-order valence-corrected chi connectivity index (χ4v) is 5.19. The Bertz CT molecular complexity index is 1130. The van der Waals surface area contributed by atoms with Crippen molar-refractivity contribution < 1.29 is 9.59 Å². The molecule has 5 N–H and O–H groups in total. The quantitative estimate of drug-likeness (QED) is 0.140. The molecule has 1 aliphatic rings. The molecular weight excluding hydrogens is 513 g/mol. The summed E-state index contributed by atoms with van der Waals surface area (Å²) in [7, 11) is 0. The molecule has 198 valence electrons. The molecule has 0 spiro atoms. The molecule has 9 nitrogen and oxygen atoms in total. The van der Waals surface area contributed by atoms with Gasteiger partial charge in [-0.1, -0.05) is 61.2 Å². The Balaban J connectivity index is 1.78. The molecule has 1 saturated carbocycles. The Morgan fingerprint density at radius 2 is 1.65 bits per heavy atom. The molecule has 1 aliphatic carbocycles. The standard InChI is InChI=1S/C26H33Cl2N7O2/c1-26(2,3)18-8-10-22(11-9-18)35(25(37)31-21-13-19(27)12-20(28)14-21)15-16-4-6-17(7-5-16)23(36)32-24(29)33-34-30/h4-7,12-14,18,22H,8-11,15H2,1-3H3,(H,31,37)(H4,29,30,32,33,36). The van der Waals surface area contributed by atoms with E-state index >= 15 is 0 Å². The number of carbonyl (C=O) groups excluding carboxylic acids is 2. The molecule has 0 aromatic heterocycles. The van der Waals surface area contributed by atoms with Crippen LogP contribution in [-0.2, 0) is 6.54 Å². The molecule has 11 heteroatoms. The first-order chi connectivity index (χ1) is 17.5. The molecule has 0 bridgehead atoms. The van der Waals surface area contributed by atoms with Crippen LogP contribution in [0.4, 0.5) is 10.5 Å². The van der Waals surface area contributed by atoms with E-state index in [1.165, 1.54) is 0 Å². The lowest BCUT2D eigenvalue weighted by Crippen LogP contribution is -2.45. The zero-order valence-electron chi connectivity index (χ0n) is 21.2. The van der Waals surface area contributed by atoms with Crippen molar-refractivity contribution in [2.45, 2.75) is 59.0 Å². The largest absolute Gasteiger partial charge is 0.368 e. The van der Waals surface area contributed by atoms with Crippen LogP contribution >= 0.6 is 23.2 Å². The molecule has 0 atom stereocenters. The Kier molecular flexibility index (Phi) is 9.50. The van der Waals surface area contributed by atoms with Gasteiger partial charge in [-0.25, -0.2) is 4.79 Å². The summed E-state index contributed by atoms with van der Waals surface area (Å²) >= 11 is 12.3. The van der Waals surface area contributed by atoms with Gasteiger partial charge in [-0.2, -0.15) is 5.53 Å². The van der Waals surface area contributed by atoms with Gasteiger partial charge in [0.1, 0.15) is 0 Å². The highest BCUT2D eigenvalue weighted by atomic mass is 35.5. The van der Waals surface area contributed by atoms with Crippen LogP contribution < -0.4 is 16.4 Å². The van der Waals surface area contributed by atoms with Crippen molar-refractivity contribution >= 4 is 46.8 Å². The van der Waals surface area contributed by atoms with Crippen molar-refractivity contribution in [1.29, 1.82) is 5.53 Å². The summed E-state index contributed by atoms with van der Waals surface area (Å²) in [5.41, 5.74) is 14.2. The predicted octanol–water partition coefficient (Wildman–Crippen LogP) is 6.62. The van der Waals surface area contributed by atoms with Crippen LogP contribution in [0.3, 0.4) is 0 Å². The summed E-state index contributed by atoms with van der Waals surface area (Å²) in [6, 6.07) is 11.7. The minimum atomic E-state index is -0.468. The maximum Gasteiger partial charge on any atom is 0.322 e. The lowest BCUT2D eigenvalue weighted by molar-refractivity contribution is 0.0976. The molecule has 0 aliphatic heterocycles. The molecule has 0 heterocycles. The molecule has 2 aromatic rings. The van der Waals surface area contributed by atoms with Gasteiger partial charge in [0.05, 0.1) is 0 Å². The number of amides is 3. The summed E-state index contributed by atoms with van der Waals surface area (Å²) in [6.45, 7) is 7.17. The second-order valence-electron chi connectivity index (χ2n) is 10.3. The molecule has 0 radical (unpaired) electrons. The minimum absolute atomic E-state index is 0.0702. The Hall–Kier alpha value is -3.17. The number of nitrogens with zero attached hydrogens (tertiary/aromatic N) is 3. The Morgan fingerprint density at radius 3 is 2.19 bits per heavy atom. The van der Waals surface area contributed by atoms with Crippen molar-refractivity contribution in [3.8, 4) is 0 Å². The third-order valence-corrected chi connectivity index (χ3v) is 7.14. The van der Waals surface area contributed by atoms with Gasteiger partial charge < -0.3 is 16.0 Å². The highest BCUT2D eigenvalue weighted by Crippen LogP contribution is 2.39. The number of guanidine groups is 1. The van der Waals surface area contributed by atoms with E-state index in [0.717, 1.165) is 31.2 Å². The van der Waals surface area contributed by atoms with Crippen LogP contribution in [-0.4, -0.2) is 28.8 Å². The second-order valence-corrected chi connectivity index (χ2v) is 11.2. The normalized spacial score (nSPS) is 18.1. The number of urea groups is 1. The molecule has 3 rings (SSSR count). The number of anilines is 1. The fraction of sp³-hybridized carbons (Fsp3) is 0.423. The smallest absolute Gasteiger partial charge is 0.322 e. The van der Waals surface area contributed by atoms with Crippen molar-refractivity contribution in [1.82, 2.24) is 10.2 Å². The van der Waals surface area contributed by atoms with Gasteiger partial charge in [0.2, 0.25) is 5.96 Å². The third-order valence-electron chi connectivity index (χ3n) is 6.71. The number of nitrogens with one attached hydrogen (secondary N) is 3. The van der Waals surface area contributed by atoms with Crippen molar-refractivity contribution in [2.75, 3.05) is 5.32 Å². The fourth-order valence-electron chi connectivity index (χ4n) is 4.67. The van der Waals surface area contributed by atoms with E-state index in [4.69, 9.17) is 34.5 Å². The lowest BCUT2D eigenvalue weighted by Gasteiger charge is -2.41. The molecule has 37 heavy (non-hydrogen) atoms. The molecule has 3 amide bonds. The summed E-state index contributed by atoms with van der Waals surface area (Å²) in [6.07, 6.45) is 3.92. The molecule has 0 saturated heterocycles. The molecule has 2 aromatic carbocycles. The van der Waals surface area contributed by atoms with Crippen molar-refractivity contribution in [3.05, 3.63) is 63.6 Å². The summed E-state index contributed by atoms with van der Waals surface area (Å²) in [5, 5.41) is 12.2. The summed E-state index contributed by atoms with van der Waals surface area (Å²) in [4.78, 5) is 27.7. The van der Waals surface area contributed by atoms with E-state index in [1.807, 2.05) is 4.90 Å². The maximum atomic E-state index is 13.5. The molecule has 0 unspecified atom stereocenters. The van der Waals surface area contributed by atoms with E-state index < -0.39 is 5.91 Å². The van der Waals surface area contributed by atoms with Crippen LogP contribution in [0.2, 0.25) is 10.0 Å². The summed E-state index contributed by atoms with van der Waals surface area (Å²) in [5.74, 6) is -0.125. The number of halogens is 2.